The van der Waals surface area contributed by atoms with E-state index in [9.17, 15) is 0 Å². The van der Waals surface area contributed by atoms with E-state index in [1.165, 1.54) is 21.6 Å². The van der Waals surface area contributed by atoms with Crippen LogP contribution in [0.4, 0.5) is 0 Å². The molecule has 3 rings (SSSR count). The number of benzene rings is 2. The number of aryl methyl sites for hydroxylation is 1. The number of aromatic nitrogens is 1. The van der Waals surface area contributed by atoms with E-state index in [4.69, 9.17) is 0 Å². The average Bonchev–Trinajstić information content (AvgIpc) is 2.87. The van der Waals surface area contributed by atoms with Crippen LogP contribution in [0.15, 0.2) is 60.8 Å². The van der Waals surface area contributed by atoms with Gasteiger partial charge in [0, 0.05) is 16.6 Å². The first-order valence-corrected chi connectivity index (χ1v) is 6.73. The van der Waals surface area contributed by atoms with Crippen molar-refractivity contribution < 1.29 is 0 Å². The molecule has 0 amide bonds. The van der Waals surface area contributed by atoms with E-state index in [0.29, 0.717) is 0 Å². The summed E-state index contributed by atoms with van der Waals surface area (Å²) in [7, 11) is 0. The van der Waals surface area contributed by atoms with Gasteiger partial charge in [-0.05, 0) is 18.1 Å². The van der Waals surface area contributed by atoms with Crippen molar-refractivity contribution >= 4 is 11.3 Å². The second-order valence-electron chi connectivity index (χ2n) is 4.22. The lowest BCUT2D eigenvalue weighted by molar-refractivity contribution is 1.38. The van der Waals surface area contributed by atoms with Crippen molar-refractivity contribution in [2.24, 2.45) is 0 Å². The Labute approximate surface area is 111 Å². The molecule has 0 aliphatic rings. The van der Waals surface area contributed by atoms with Crippen LogP contribution in [-0.4, -0.2) is 4.98 Å². The van der Waals surface area contributed by atoms with Crippen molar-refractivity contribution in [3.8, 4) is 21.7 Å². The SMILES string of the molecule is Cc1cnc(-c2ccc(-c3ccccc3)cc2)s1. The highest BCUT2D eigenvalue weighted by molar-refractivity contribution is 7.14. The van der Waals surface area contributed by atoms with E-state index in [0.717, 1.165) is 5.01 Å². The highest BCUT2D eigenvalue weighted by Gasteiger charge is 2.03. The van der Waals surface area contributed by atoms with E-state index >= 15 is 0 Å². The van der Waals surface area contributed by atoms with E-state index in [1.807, 2.05) is 12.3 Å². The van der Waals surface area contributed by atoms with Crippen LogP contribution in [0.25, 0.3) is 21.7 Å². The number of thiazole rings is 1. The van der Waals surface area contributed by atoms with Gasteiger partial charge >= 0.3 is 0 Å². The Morgan fingerprint density at radius 3 is 2.00 bits per heavy atom. The number of rotatable bonds is 2. The molecule has 1 heterocycles. The third-order valence-corrected chi connectivity index (χ3v) is 3.82. The predicted octanol–water partition coefficient (Wildman–Crippen LogP) is 4.79. The van der Waals surface area contributed by atoms with Crippen LogP contribution < -0.4 is 0 Å². The van der Waals surface area contributed by atoms with Crippen LogP contribution in [0.5, 0.6) is 0 Å². The van der Waals surface area contributed by atoms with Crippen LogP contribution in [0.2, 0.25) is 0 Å². The van der Waals surface area contributed by atoms with Crippen LogP contribution in [0.3, 0.4) is 0 Å². The minimum atomic E-state index is 1.09. The van der Waals surface area contributed by atoms with Crippen molar-refractivity contribution in [2.75, 3.05) is 0 Å². The van der Waals surface area contributed by atoms with Crippen molar-refractivity contribution in [1.82, 2.24) is 4.98 Å². The predicted molar refractivity (Wildman–Crippen MR) is 77.7 cm³/mol. The second-order valence-corrected chi connectivity index (χ2v) is 5.45. The molecule has 0 N–H and O–H groups in total. The lowest BCUT2D eigenvalue weighted by Crippen LogP contribution is -1.78. The molecule has 2 heteroatoms. The molecule has 0 bridgehead atoms. The van der Waals surface area contributed by atoms with Crippen molar-refractivity contribution in [1.29, 1.82) is 0 Å². The maximum Gasteiger partial charge on any atom is 0.123 e. The molecule has 1 aromatic heterocycles. The zero-order chi connectivity index (χ0) is 12.4. The van der Waals surface area contributed by atoms with Gasteiger partial charge in [0.1, 0.15) is 5.01 Å². The third-order valence-electron chi connectivity index (χ3n) is 2.86. The first-order valence-electron chi connectivity index (χ1n) is 5.91. The molecule has 1 nitrogen and oxygen atoms in total. The largest absolute Gasteiger partial charge is 0.244 e. The fourth-order valence-electron chi connectivity index (χ4n) is 1.92. The molecule has 0 saturated carbocycles. The average molecular weight is 251 g/mol. The number of hydrogen-bond acceptors (Lipinski definition) is 2. The number of nitrogens with zero attached hydrogens (tertiary/aromatic N) is 1. The molecule has 0 saturated heterocycles. The summed E-state index contributed by atoms with van der Waals surface area (Å²) in [6.45, 7) is 2.08. The molecule has 2 aromatic carbocycles. The molecule has 0 aliphatic carbocycles. The van der Waals surface area contributed by atoms with Crippen molar-refractivity contribution in [3.05, 3.63) is 65.7 Å². The molecule has 0 spiro atoms. The Hall–Kier alpha value is -1.93. The summed E-state index contributed by atoms with van der Waals surface area (Å²) >= 11 is 1.73. The van der Waals surface area contributed by atoms with Crippen molar-refractivity contribution in [3.63, 3.8) is 0 Å². The first-order chi connectivity index (χ1) is 8.83. The van der Waals surface area contributed by atoms with E-state index in [2.05, 4.69) is 60.4 Å². The van der Waals surface area contributed by atoms with Gasteiger partial charge in [-0.1, -0.05) is 54.6 Å². The molecule has 0 atom stereocenters. The standard InChI is InChI=1S/C16H13NS/c1-12-11-17-16(18-12)15-9-7-14(8-10-15)13-5-3-2-4-6-13/h2-11H,1H3. The van der Waals surface area contributed by atoms with E-state index in [-0.39, 0.29) is 0 Å². The van der Waals surface area contributed by atoms with E-state index < -0.39 is 0 Å². The maximum atomic E-state index is 4.41. The van der Waals surface area contributed by atoms with Crippen LogP contribution >= 0.6 is 11.3 Å². The zero-order valence-electron chi connectivity index (χ0n) is 10.1. The third kappa shape index (κ3) is 2.20. The Bertz CT molecular complexity index is 638. The smallest absolute Gasteiger partial charge is 0.123 e. The summed E-state index contributed by atoms with van der Waals surface area (Å²) in [6.07, 6.45) is 1.92. The van der Waals surface area contributed by atoms with Gasteiger partial charge in [0.2, 0.25) is 0 Å². The molecule has 18 heavy (non-hydrogen) atoms. The van der Waals surface area contributed by atoms with Gasteiger partial charge < -0.3 is 0 Å². The lowest BCUT2D eigenvalue weighted by atomic mass is 10.0. The Balaban J connectivity index is 1.94. The quantitative estimate of drug-likeness (QED) is 0.638. The summed E-state index contributed by atoms with van der Waals surface area (Å²) in [5.41, 5.74) is 3.68. The zero-order valence-corrected chi connectivity index (χ0v) is 10.9. The van der Waals surface area contributed by atoms with Gasteiger partial charge in [-0.2, -0.15) is 0 Å². The van der Waals surface area contributed by atoms with E-state index in [1.54, 1.807) is 11.3 Å². The van der Waals surface area contributed by atoms with Gasteiger partial charge in [-0.25, -0.2) is 4.98 Å². The van der Waals surface area contributed by atoms with Gasteiger partial charge in [0.05, 0.1) is 0 Å². The fourth-order valence-corrected chi connectivity index (χ4v) is 2.69. The van der Waals surface area contributed by atoms with Crippen LogP contribution in [-0.2, 0) is 0 Å². The highest BCUT2D eigenvalue weighted by Crippen LogP contribution is 2.27. The Morgan fingerprint density at radius 1 is 0.778 bits per heavy atom. The molecule has 3 aromatic rings. The molecule has 0 radical (unpaired) electrons. The Morgan fingerprint density at radius 2 is 1.39 bits per heavy atom. The van der Waals surface area contributed by atoms with Gasteiger partial charge in [-0.15, -0.1) is 11.3 Å². The molecular formula is C16H13NS. The molecular weight excluding hydrogens is 238 g/mol. The minimum Gasteiger partial charge on any atom is -0.244 e. The summed E-state index contributed by atoms with van der Waals surface area (Å²) in [4.78, 5) is 5.65. The maximum absolute atomic E-state index is 4.41. The summed E-state index contributed by atoms with van der Waals surface area (Å²) in [5.74, 6) is 0. The van der Waals surface area contributed by atoms with Gasteiger partial charge in [0.25, 0.3) is 0 Å². The lowest BCUT2D eigenvalue weighted by Gasteiger charge is -2.02. The summed E-state index contributed by atoms with van der Waals surface area (Å²) < 4.78 is 0. The topological polar surface area (TPSA) is 12.9 Å². The highest BCUT2D eigenvalue weighted by atomic mass is 32.1. The van der Waals surface area contributed by atoms with Crippen LogP contribution in [0, 0.1) is 6.92 Å². The monoisotopic (exact) mass is 251 g/mol. The molecule has 0 fully saturated rings. The fraction of sp³-hybridized carbons (Fsp3) is 0.0625. The normalized spacial score (nSPS) is 10.5. The van der Waals surface area contributed by atoms with Gasteiger partial charge in [0.15, 0.2) is 0 Å². The molecule has 0 aliphatic heterocycles. The number of hydrogen-bond donors (Lipinski definition) is 0. The van der Waals surface area contributed by atoms with Crippen LogP contribution in [0.1, 0.15) is 4.88 Å². The summed E-state index contributed by atoms with van der Waals surface area (Å²) in [5, 5.41) is 1.09. The van der Waals surface area contributed by atoms with Crippen molar-refractivity contribution in [2.45, 2.75) is 6.92 Å². The first kappa shape index (κ1) is 11.2. The minimum absolute atomic E-state index is 1.09. The molecule has 88 valence electrons. The summed E-state index contributed by atoms with van der Waals surface area (Å²) in [6, 6.07) is 19.0. The Kier molecular flexibility index (Phi) is 2.95. The molecule has 0 unspecified atom stereocenters. The second kappa shape index (κ2) is 4.75. The van der Waals surface area contributed by atoms with Gasteiger partial charge in [-0.3, -0.25) is 0 Å².